The van der Waals surface area contributed by atoms with Crippen LogP contribution in [0, 0.1) is 11.6 Å². The largest absolute Gasteiger partial charge is 0.368 e. The fourth-order valence-corrected chi connectivity index (χ4v) is 5.53. The number of hydrogen-bond acceptors (Lipinski definition) is 5. The van der Waals surface area contributed by atoms with Crippen LogP contribution >= 0.6 is 22.9 Å². The third kappa shape index (κ3) is 6.75. The second kappa shape index (κ2) is 12.0. The van der Waals surface area contributed by atoms with E-state index >= 15 is 0 Å². The van der Waals surface area contributed by atoms with Crippen LogP contribution < -0.4 is 4.90 Å². The number of thiazole rings is 1. The summed E-state index contributed by atoms with van der Waals surface area (Å²) in [5.41, 5.74) is 3.42. The highest BCUT2D eigenvalue weighted by atomic mass is 35.5. The fourth-order valence-electron chi connectivity index (χ4n) is 4.54. The zero-order valence-corrected chi connectivity index (χ0v) is 22.3. The Morgan fingerprint density at radius 2 is 1.47 bits per heavy atom. The van der Waals surface area contributed by atoms with E-state index in [2.05, 4.69) is 14.8 Å². The van der Waals surface area contributed by atoms with Gasteiger partial charge in [-0.1, -0.05) is 41.9 Å². The monoisotopic (exact) mass is 552 g/mol. The van der Waals surface area contributed by atoms with Crippen LogP contribution in [0.3, 0.4) is 0 Å². The predicted molar refractivity (Wildman–Crippen MR) is 147 cm³/mol. The van der Waals surface area contributed by atoms with E-state index in [1.807, 2.05) is 34.5 Å². The number of aromatic nitrogens is 1. The first-order valence-electron chi connectivity index (χ1n) is 12.4. The van der Waals surface area contributed by atoms with Crippen LogP contribution in [0.15, 0.2) is 78.2 Å². The van der Waals surface area contributed by atoms with E-state index in [0.29, 0.717) is 43.4 Å². The number of carbonyl (C=O) groups is 1. The lowest BCUT2D eigenvalue weighted by Crippen LogP contribution is -2.48. The van der Waals surface area contributed by atoms with Gasteiger partial charge in [-0.15, -0.1) is 11.3 Å². The maximum absolute atomic E-state index is 13.4. The Hall–Kier alpha value is -3.33. The third-order valence-corrected chi connectivity index (χ3v) is 7.58. The molecule has 196 valence electrons. The minimum absolute atomic E-state index is 0.0677. The molecular formula is C29H27ClF2N4OS. The summed E-state index contributed by atoms with van der Waals surface area (Å²) in [5.74, 6) is -0.632. The lowest BCUT2D eigenvalue weighted by Gasteiger charge is -2.35. The van der Waals surface area contributed by atoms with Gasteiger partial charge in [0.25, 0.3) is 5.91 Å². The molecule has 4 aromatic rings. The number of nitrogens with zero attached hydrogens (tertiary/aromatic N) is 4. The van der Waals surface area contributed by atoms with Gasteiger partial charge in [0.1, 0.15) is 22.3 Å². The van der Waals surface area contributed by atoms with E-state index in [9.17, 15) is 13.6 Å². The van der Waals surface area contributed by atoms with Gasteiger partial charge in [-0.2, -0.15) is 0 Å². The van der Waals surface area contributed by atoms with Gasteiger partial charge in [0.15, 0.2) is 0 Å². The Morgan fingerprint density at radius 3 is 2.05 bits per heavy atom. The molecule has 0 atom stereocenters. The van der Waals surface area contributed by atoms with E-state index in [0.717, 1.165) is 34.9 Å². The fraction of sp³-hybridized carbons (Fsp3) is 0.241. The maximum atomic E-state index is 13.4. The number of carbonyl (C=O) groups excluding carboxylic acids is 1. The summed E-state index contributed by atoms with van der Waals surface area (Å²) in [5, 5.41) is 3.33. The van der Waals surface area contributed by atoms with Gasteiger partial charge in [0.2, 0.25) is 0 Å². The Bertz CT molecular complexity index is 1320. The molecule has 1 fully saturated rings. The van der Waals surface area contributed by atoms with Crippen molar-refractivity contribution >= 4 is 34.5 Å². The molecule has 5 nitrogen and oxygen atoms in total. The highest BCUT2D eigenvalue weighted by Crippen LogP contribution is 2.22. The Kier molecular flexibility index (Phi) is 8.32. The summed E-state index contributed by atoms with van der Waals surface area (Å²) in [6.45, 7) is 4.31. The third-order valence-electron chi connectivity index (χ3n) is 6.51. The molecular weight excluding hydrogens is 526 g/mol. The maximum Gasteiger partial charge on any atom is 0.273 e. The molecule has 1 aromatic heterocycles. The van der Waals surface area contributed by atoms with E-state index in [4.69, 9.17) is 11.6 Å². The van der Waals surface area contributed by atoms with Crippen LogP contribution in [-0.4, -0.2) is 46.9 Å². The summed E-state index contributed by atoms with van der Waals surface area (Å²) in [6.07, 6.45) is 0. The van der Waals surface area contributed by atoms with Crippen LogP contribution in [0.1, 0.15) is 26.6 Å². The quantitative estimate of drug-likeness (QED) is 0.259. The highest BCUT2D eigenvalue weighted by Gasteiger charge is 2.24. The van der Waals surface area contributed by atoms with Gasteiger partial charge in [-0.25, -0.2) is 13.8 Å². The summed E-state index contributed by atoms with van der Waals surface area (Å²) in [6, 6.07) is 20.5. The van der Waals surface area contributed by atoms with Crippen molar-refractivity contribution in [2.45, 2.75) is 19.6 Å². The van der Waals surface area contributed by atoms with Crippen molar-refractivity contribution in [3.63, 3.8) is 0 Å². The molecule has 1 saturated heterocycles. The van der Waals surface area contributed by atoms with Gasteiger partial charge in [-0.3, -0.25) is 9.69 Å². The number of hydrogen-bond donors (Lipinski definition) is 0. The second-order valence-corrected chi connectivity index (χ2v) is 10.7. The molecule has 1 aliphatic rings. The van der Waals surface area contributed by atoms with Crippen LogP contribution in [0.5, 0.6) is 0 Å². The average Bonchev–Trinajstić information content (AvgIpc) is 3.39. The first-order chi connectivity index (χ1) is 18.4. The Morgan fingerprint density at radius 1 is 0.868 bits per heavy atom. The van der Waals surface area contributed by atoms with Gasteiger partial charge in [-0.05, 0) is 53.6 Å². The summed E-state index contributed by atoms with van der Waals surface area (Å²) in [4.78, 5) is 24.1. The molecule has 5 rings (SSSR count). The van der Waals surface area contributed by atoms with Crippen molar-refractivity contribution in [2.24, 2.45) is 0 Å². The second-order valence-electron chi connectivity index (χ2n) is 9.28. The minimum Gasteiger partial charge on any atom is -0.368 e. The molecule has 0 bridgehead atoms. The van der Waals surface area contributed by atoms with E-state index in [1.165, 1.54) is 35.6 Å². The van der Waals surface area contributed by atoms with E-state index in [-0.39, 0.29) is 17.5 Å². The molecule has 38 heavy (non-hydrogen) atoms. The van der Waals surface area contributed by atoms with Crippen molar-refractivity contribution in [1.82, 2.24) is 14.8 Å². The smallest absolute Gasteiger partial charge is 0.273 e. The van der Waals surface area contributed by atoms with E-state index < -0.39 is 0 Å². The molecule has 0 N–H and O–H groups in total. The normalized spacial score (nSPS) is 13.8. The first kappa shape index (κ1) is 26.3. The van der Waals surface area contributed by atoms with Gasteiger partial charge >= 0.3 is 0 Å². The summed E-state index contributed by atoms with van der Waals surface area (Å²) >= 11 is 7.58. The molecule has 9 heteroatoms. The lowest BCUT2D eigenvalue weighted by atomic mass is 10.1. The molecule has 3 aromatic carbocycles. The van der Waals surface area contributed by atoms with Gasteiger partial charge in [0.05, 0.1) is 6.54 Å². The molecule has 0 radical (unpaired) electrons. The van der Waals surface area contributed by atoms with Crippen LogP contribution in [0.2, 0.25) is 5.02 Å². The summed E-state index contributed by atoms with van der Waals surface area (Å²) < 4.78 is 26.8. The SMILES string of the molecule is O=C(c1csc(CN(Cc2ccc(F)cc2)Cc2ccc(F)cc2)n1)N1CCN(c2cccc(Cl)c2)CC1. The van der Waals surface area contributed by atoms with Crippen molar-refractivity contribution in [2.75, 3.05) is 31.1 Å². The lowest BCUT2D eigenvalue weighted by molar-refractivity contribution is 0.0741. The number of piperazine rings is 1. The molecule has 1 amide bonds. The number of rotatable bonds is 8. The molecule has 0 unspecified atom stereocenters. The molecule has 0 aliphatic carbocycles. The van der Waals surface area contributed by atoms with Crippen molar-refractivity contribution < 1.29 is 13.6 Å². The average molecular weight is 553 g/mol. The first-order valence-corrected chi connectivity index (χ1v) is 13.6. The van der Waals surface area contributed by atoms with Crippen molar-refractivity contribution in [3.8, 4) is 0 Å². The molecule has 2 heterocycles. The topological polar surface area (TPSA) is 39.7 Å². The van der Waals surface area contributed by atoms with Gasteiger partial charge < -0.3 is 9.80 Å². The Labute approximate surface area is 229 Å². The number of halogens is 3. The standard InChI is InChI=1S/C29H27ClF2N4OS/c30-23-2-1-3-26(16-23)35-12-14-36(15-13-35)29(37)27-20-38-28(33-27)19-34(17-21-4-8-24(31)9-5-21)18-22-6-10-25(32)11-7-22/h1-11,16,20H,12-15,17-19H2. The molecule has 0 spiro atoms. The molecule has 0 saturated carbocycles. The minimum atomic E-state index is -0.282. The van der Waals surface area contributed by atoms with Gasteiger partial charge in [0, 0.05) is 55.4 Å². The number of amides is 1. The van der Waals surface area contributed by atoms with Crippen LogP contribution in [0.4, 0.5) is 14.5 Å². The highest BCUT2D eigenvalue weighted by molar-refractivity contribution is 7.09. The predicted octanol–water partition coefficient (Wildman–Crippen LogP) is 6.24. The van der Waals surface area contributed by atoms with Crippen LogP contribution in [0.25, 0.3) is 0 Å². The summed E-state index contributed by atoms with van der Waals surface area (Å²) in [7, 11) is 0. The Balaban J connectivity index is 1.23. The zero-order valence-electron chi connectivity index (χ0n) is 20.7. The zero-order chi connectivity index (χ0) is 26.5. The van der Waals surface area contributed by atoms with Crippen molar-refractivity contribution in [1.29, 1.82) is 0 Å². The number of benzene rings is 3. The van der Waals surface area contributed by atoms with Crippen molar-refractivity contribution in [3.05, 3.63) is 117 Å². The van der Waals surface area contributed by atoms with Crippen LogP contribution in [-0.2, 0) is 19.6 Å². The van der Waals surface area contributed by atoms with E-state index in [1.54, 1.807) is 24.3 Å². The molecule has 1 aliphatic heterocycles. The number of anilines is 1.